The van der Waals surface area contributed by atoms with Crippen molar-refractivity contribution < 1.29 is 9.21 Å². The molecule has 6 rings (SSSR count). The molecule has 3 aromatic rings. The van der Waals surface area contributed by atoms with Crippen LogP contribution in [0.3, 0.4) is 0 Å². The lowest BCUT2D eigenvalue weighted by Gasteiger charge is -2.37. The number of benzene rings is 2. The average Bonchev–Trinajstić information content (AvgIpc) is 3.39. The van der Waals surface area contributed by atoms with E-state index in [0.717, 1.165) is 82.2 Å². The molecular formula is C29H32ClN3O2. The number of halogens is 1. The molecule has 1 aliphatic carbocycles. The van der Waals surface area contributed by atoms with Crippen molar-refractivity contribution in [1.82, 2.24) is 9.80 Å². The third kappa shape index (κ3) is 4.72. The van der Waals surface area contributed by atoms with Crippen LogP contribution < -0.4 is 4.90 Å². The van der Waals surface area contributed by atoms with Gasteiger partial charge in [-0.2, -0.15) is 0 Å². The number of piperazine rings is 1. The van der Waals surface area contributed by atoms with Crippen LogP contribution in [0.25, 0.3) is 11.3 Å². The summed E-state index contributed by atoms with van der Waals surface area (Å²) in [4.78, 5) is 20.2. The second-order valence-electron chi connectivity index (χ2n) is 10.3. The van der Waals surface area contributed by atoms with Crippen LogP contribution in [0.15, 0.2) is 71.1 Å². The number of likely N-dealkylation sites (tertiary alicyclic amines) is 1. The van der Waals surface area contributed by atoms with Gasteiger partial charge in [-0.15, -0.1) is 0 Å². The summed E-state index contributed by atoms with van der Waals surface area (Å²) in [5.41, 5.74) is 2.50. The first kappa shape index (κ1) is 22.7. The fraction of sp³-hybridized carbons (Fsp3) is 0.414. The van der Waals surface area contributed by atoms with Crippen molar-refractivity contribution in [3.05, 3.63) is 77.5 Å². The number of anilines is 1. The minimum absolute atomic E-state index is 0.228. The topological polar surface area (TPSA) is 39.9 Å². The van der Waals surface area contributed by atoms with Crippen molar-refractivity contribution in [2.75, 3.05) is 44.2 Å². The van der Waals surface area contributed by atoms with Crippen molar-refractivity contribution in [3.63, 3.8) is 0 Å². The highest BCUT2D eigenvalue weighted by Crippen LogP contribution is 2.60. The van der Waals surface area contributed by atoms with Gasteiger partial charge in [-0.05, 0) is 74.2 Å². The van der Waals surface area contributed by atoms with E-state index in [2.05, 4.69) is 45.0 Å². The molecule has 1 amide bonds. The maximum Gasteiger partial charge on any atom is 0.226 e. The fourth-order valence-electron chi connectivity index (χ4n) is 5.93. The summed E-state index contributed by atoms with van der Waals surface area (Å²) >= 11 is 6.13. The highest BCUT2D eigenvalue weighted by molar-refractivity contribution is 6.30. The Kier molecular flexibility index (Phi) is 6.07. The third-order valence-corrected chi connectivity index (χ3v) is 8.44. The Bertz CT molecular complexity index is 1180. The molecule has 35 heavy (non-hydrogen) atoms. The van der Waals surface area contributed by atoms with Gasteiger partial charge in [0.25, 0.3) is 0 Å². The Hall–Kier alpha value is -2.76. The molecule has 2 saturated heterocycles. The van der Waals surface area contributed by atoms with E-state index in [0.29, 0.717) is 10.9 Å². The van der Waals surface area contributed by atoms with Crippen molar-refractivity contribution in [1.29, 1.82) is 0 Å². The first-order chi connectivity index (χ1) is 17.1. The molecule has 3 aliphatic rings. The average molecular weight is 490 g/mol. The van der Waals surface area contributed by atoms with Gasteiger partial charge in [0.15, 0.2) is 0 Å². The van der Waals surface area contributed by atoms with Gasteiger partial charge in [-0.1, -0.05) is 41.9 Å². The highest BCUT2D eigenvalue weighted by Gasteiger charge is 2.59. The van der Waals surface area contributed by atoms with Gasteiger partial charge < -0.3 is 14.2 Å². The molecule has 6 heteroatoms. The van der Waals surface area contributed by atoms with Crippen molar-refractivity contribution >= 4 is 23.2 Å². The Balaban J connectivity index is 0.989. The van der Waals surface area contributed by atoms with E-state index >= 15 is 0 Å². The largest absolute Gasteiger partial charge is 0.460 e. The SMILES string of the molecule is O=C([C@@H]1CC12CCN(Cc1ccc(-c3cccc(Cl)c3)o1)CC2)N1CCN(c2ccccc2)CC1. The number of nitrogens with zero attached hydrogens (tertiary/aromatic N) is 3. The molecule has 2 aliphatic heterocycles. The molecular weight excluding hydrogens is 458 g/mol. The number of hydrogen-bond acceptors (Lipinski definition) is 4. The van der Waals surface area contributed by atoms with E-state index in [4.69, 9.17) is 16.0 Å². The first-order valence-electron chi connectivity index (χ1n) is 12.8. The van der Waals surface area contributed by atoms with E-state index in [1.807, 2.05) is 36.4 Å². The molecule has 0 radical (unpaired) electrons. The summed E-state index contributed by atoms with van der Waals surface area (Å²) in [5.74, 6) is 2.46. The molecule has 182 valence electrons. The zero-order chi connectivity index (χ0) is 23.8. The molecule has 2 aromatic carbocycles. The molecule has 1 spiro atoms. The van der Waals surface area contributed by atoms with E-state index in [1.165, 1.54) is 5.69 Å². The minimum atomic E-state index is 0.228. The highest BCUT2D eigenvalue weighted by atomic mass is 35.5. The fourth-order valence-corrected chi connectivity index (χ4v) is 6.12. The van der Waals surface area contributed by atoms with E-state index in [1.54, 1.807) is 0 Å². The van der Waals surface area contributed by atoms with Gasteiger partial charge in [0.05, 0.1) is 6.54 Å². The van der Waals surface area contributed by atoms with E-state index in [9.17, 15) is 4.79 Å². The van der Waals surface area contributed by atoms with Gasteiger partial charge in [-0.25, -0.2) is 0 Å². The quantitative estimate of drug-likeness (QED) is 0.471. The standard InChI is InChI=1S/C29H32ClN3O2/c30-23-6-4-5-22(19-23)27-10-9-25(35-27)21-31-13-11-29(12-14-31)20-26(29)28(34)33-17-15-32(16-18-33)24-7-2-1-3-8-24/h1-10,19,26H,11-18,20-21H2/t26-/m0/s1. The lowest BCUT2D eigenvalue weighted by molar-refractivity contribution is -0.134. The van der Waals surface area contributed by atoms with Crippen LogP contribution in [0.5, 0.6) is 0 Å². The lowest BCUT2D eigenvalue weighted by atomic mass is 9.90. The van der Waals surface area contributed by atoms with Crippen LogP contribution >= 0.6 is 11.6 Å². The molecule has 1 aromatic heterocycles. The smallest absolute Gasteiger partial charge is 0.226 e. The predicted octanol–water partition coefficient (Wildman–Crippen LogP) is 5.55. The zero-order valence-corrected chi connectivity index (χ0v) is 20.8. The van der Waals surface area contributed by atoms with Crippen molar-refractivity contribution in [3.8, 4) is 11.3 Å². The number of rotatable bonds is 5. The first-order valence-corrected chi connectivity index (χ1v) is 13.1. The zero-order valence-electron chi connectivity index (χ0n) is 20.0. The summed E-state index contributed by atoms with van der Waals surface area (Å²) in [7, 11) is 0. The van der Waals surface area contributed by atoms with Gasteiger partial charge in [0.1, 0.15) is 11.5 Å². The number of carbonyl (C=O) groups is 1. The lowest BCUT2D eigenvalue weighted by Crippen LogP contribution is -2.50. The van der Waals surface area contributed by atoms with Gasteiger partial charge in [0, 0.05) is 48.4 Å². The maximum atomic E-state index is 13.3. The van der Waals surface area contributed by atoms with Crippen LogP contribution in [-0.4, -0.2) is 55.0 Å². The number of hydrogen-bond donors (Lipinski definition) is 0. The maximum absolute atomic E-state index is 13.3. The van der Waals surface area contributed by atoms with Crippen LogP contribution in [0.2, 0.25) is 5.02 Å². The Morgan fingerprint density at radius 2 is 1.69 bits per heavy atom. The summed E-state index contributed by atoms with van der Waals surface area (Å²) in [6.07, 6.45) is 3.28. The number of piperidine rings is 1. The van der Waals surface area contributed by atoms with E-state index < -0.39 is 0 Å². The second kappa shape index (κ2) is 9.36. The molecule has 5 nitrogen and oxygen atoms in total. The Morgan fingerprint density at radius 1 is 0.914 bits per heavy atom. The van der Waals surface area contributed by atoms with Crippen LogP contribution in [0.1, 0.15) is 25.0 Å². The molecule has 3 heterocycles. The molecule has 0 bridgehead atoms. The normalized spacial score (nSPS) is 21.9. The van der Waals surface area contributed by atoms with Crippen molar-refractivity contribution in [2.45, 2.75) is 25.8 Å². The second-order valence-corrected chi connectivity index (χ2v) is 10.8. The number of carbonyl (C=O) groups excluding carboxylic acids is 1. The van der Waals surface area contributed by atoms with Gasteiger partial charge in [0.2, 0.25) is 5.91 Å². The number of para-hydroxylation sites is 1. The monoisotopic (exact) mass is 489 g/mol. The van der Waals surface area contributed by atoms with Crippen LogP contribution in [0.4, 0.5) is 5.69 Å². The molecule has 1 atom stereocenters. The molecule has 1 saturated carbocycles. The molecule has 0 N–H and O–H groups in total. The minimum Gasteiger partial charge on any atom is -0.460 e. The van der Waals surface area contributed by atoms with Gasteiger partial charge >= 0.3 is 0 Å². The summed E-state index contributed by atoms with van der Waals surface area (Å²) < 4.78 is 6.11. The number of furan rings is 1. The Labute approximate surface area is 212 Å². The predicted molar refractivity (Wildman–Crippen MR) is 139 cm³/mol. The number of amides is 1. The summed E-state index contributed by atoms with van der Waals surface area (Å²) in [6.45, 7) is 6.38. The summed E-state index contributed by atoms with van der Waals surface area (Å²) in [6, 6.07) is 22.4. The molecule has 0 unspecified atom stereocenters. The van der Waals surface area contributed by atoms with Gasteiger partial charge in [-0.3, -0.25) is 9.69 Å². The molecule has 3 fully saturated rings. The summed E-state index contributed by atoms with van der Waals surface area (Å²) in [5, 5.41) is 0.716. The van der Waals surface area contributed by atoms with E-state index in [-0.39, 0.29) is 11.3 Å². The van der Waals surface area contributed by atoms with Crippen LogP contribution in [0, 0.1) is 11.3 Å². The van der Waals surface area contributed by atoms with Crippen molar-refractivity contribution in [2.24, 2.45) is 11.3 Å². The third-order valence-electron chi connectivity index (χ3n) is 8.20. The Morgan fingerprint density at radius 3 is 2.43 bits per heavy atom. The van der Waals surface area contributed by atoms with Crippen LogP contribution in [-0.2, 0) is 11.3 Å².